The molecule has 5 nitrogen and oxygen atoms in total. The van der Waals surface area contributed by atoms with Crippen molar-refractivity contribution in [1.82, 2.24) is 14.8 Å². The van der Waals surface area contributed by atoms with E-state index in [1.807, 2.05) is 44.2 Å². The Hall–Kier alpha value is -2.95. The maximum absolute atomic E-state index is 12.5. The number of aryl methyl sites for hydroxylation is 1. The zero-order chi connectivity index (χ0) is 15.5. The minimum Gasteiger partial charge on any atom is -0.320 e. The molecule has 0 aliphatic rings. The molecule has 2 heterocycles. The third kappa shape index (κ3) is 2.61. The standard InChI is InChI=1S/C17H16N4O/c1-12-16(17(22)19-14-7-6-10-18-11-14)13(2)21(20-12)15-8-4-3-5-9-15/h3-11H,1-2H3,(H,19,22). The summed E-state index contributed by atoms with van der Waals surface area (Å²) in [6.07, 6.45) is 3.28. The molecular weight excluding hydrogens is 276 g/mol. The summed E-state index contributed by atoms with van der Waals surface area (Å²) < 4.78 is 1.79. The Morgan fingerprint density at radius 1 is 1.09 bits per heavy atom. The first-order valence-electron chi connectivity index (χ1n) is 7.00. The molecule has 1 N–H and O–H groups in total. The van der Waals surface area contributed by atoms with Crippen LogP contribution >= 0.6 is 0 Å². The van der Waals surface area contributed by atoms with Crippen molar-refractivity contribution in [1.29, 1.82) is 0 Å². The molecule has 0 aliphatic carbocycles. The van der Waals surface area contributed by atoms with Crippen molar-refractivity contribution >= 4 is 11.6 Å². The fourth-order valence-corrected chi connectivity index (χ4v) is 2.42. The van der Waals surface area contributed by atoms with Gasteiger partial charge >= 0.3 is 0 Å². The zero-order valence-corrected chi connectivity index (χ0v) is 12.4. The highest BCUT2D eigenvalue weighted by molar-refractivity contribution is 6.05. The number of amides is 1. The molecule has 0 saturated carbocycles. The fourth-order valence-electron chi connectivity index (χ4n) is 2.42. The number of carbonyl (C=O) groups is 1. The van der Waals surface area contributed by atoms with Crippen LogP contribution in [0, 0.1) is 13.8 Å². The van der Waals surface area contributed by atoms with Gasteiger partial charge in [0.1, 0.15) is 0 Å². The van der Waals surface area contributed by atoms with Gasteiger partial charge < -0.3 is 5.32 Å². The minimum absolute atomic E-state index is 0.176. The molecule has 3 aromatic rings. The SMILES string of the molecule is Cc1nn(-c2ccccc2)c(C)c1C(=O)Nc1cccnc1. The van der Waals surface area contributed by atoms with Gasteiger partial charge in [-0.25, -0.2) is 4.68 Å². The molecule has 0 fully saturated rings. The third-order valence-corrected chi connectivity index (χ3v) is 3.44. The maximum atomic E-state index is 12.5. The Balaban J connectivity index is 1.95. The van der Waals surface area contributed by atoms with Crippen molar-refractivity contribution < 1.29 is 4.79 Å². The number of benzene rings is 1. The van der Waals surface area contributed by atoms with E-state index < -0.39 is 0 Å². The summed E-state index contributed by atoms with van der Waals surface area (Å²) in [4.78, 5) is 16.5. The minimum atomic E-state index is -0.176. The van der Waals surface area contributed by atoms with Crippen LogP contribution in [0.15, 0.2) is 54.9 Å². The molecule has 0 bridgehead atoms. The van der Waals surface area contributed by atoms with Gasteiger partial charge in [0.25, 0.3) is 5.91 Å². The molecule has 3 rings (SSSR count). The van der Waals surface area contributed by atoms with E-state index in [0.717, 1.165) is 11.4 Å². The normalized spacial score (nSPS) is 10.5. The highest BCUT2D eigenvalue weighted by Crippen LogP contribution is 2.19. The highest BCUT2D eigenvalue weighted by atomic mass is 16.1. The van der Waals surface area contributed by atoms with Crippen LogP contribution < -0.4 is 5.32 Å². The Morgan fingerprint density at radius 2 is 1.86 bits per heavy atom. The van der Waals surface area contributed by atoms with Gasteiger partial charge in [-0.1, -0.05) is 18.2 Å². The molecule has 0 spiro atoms. The molecule has 2 aromatic heterocycles. The first-order valence-corrected chi connectivity index (χ1v) is 7.00. The van der Waals surface area contributed by atoms with E-state index in [9.17, 15) is 4.79 Å². The number of hydrogen-bond donors (Lipinski definition) is 1. The van der Waals surface area contributed by atoms with Crippen molar-refractivity contribution in [3.05, 3.63) is 71.8 Å². The number of pyridine rings is 1. The smallest absolute Gasteiger partial charge is 0.259 e. The van der Waals surface area contributed by atoms with Gasteiger partial charge in [-0.3, -0.25) is 9.78 Å². The number of rotatable bonds is 3. The van der Waals surface area contributed by atoms with E-state index in [-0.39, 0.29) is 5.91 Å². The van der Waals surface area contributed by atoms with Crippen LogP contribution in [0.1, 0.15) is 21.7 Å². The van der Waals surface area contributed by atoms with E-state index in [4.69, 9.17) is 0 Å². The first-order chi connectivity index (χ1) is 10.7. The van der Waals surface area contributed by atoms with Gasteiger partial charge in [0.2, 0.25) is 0 Å². The molecule has 0 radical (unpaired) electrons. The van der Waals surface area contributed by atoms with Crippen LogP contribution in [0.3, 0.4) is 0 Å². The molecule has 1 aromatic carbocycles. The number of nitrogens with one attached hydrogen (secondary N) is 1. The summed E-state index contributed by atoms with van der Waals surface area (Å²) in [6, 6.07) is 13.3. The van der Waals surface area contributed by atoms with Crippen molar-refractivity contribution in [3.8, 4) is 5.69 Å². The Labute approximate surface area is 128 Å². The van der Waals surface area contributed by atoms with Crippen LogP contribution in [-0.2, 0) is 0 Å². The van der Waals surface area contributed by atoms with Gasteiger partial charge in [-0.2, -0.15) is 5.10 Å². The monoisotopic (exact) mass is 292 g/mol. The summed E-state index contributed by atoms with van der Waals surface area (Å²) in [5, 5.41) is 7.33. The van der Waals surface area contributed by atoms with Crippen LogP contribution in [0.25, 0.3) is 5.69 Å². The lowest BCUT2D eigenvalue weighted by Crippen LogP contribution is -2.14. The second kappa shape index (κ2) is 5.81. The summed E-state index contributed by atoms with van der Waals surface area (Å²) >= 11 is 0. The lowest BCUT2D eigenvalue weighted by atomic mass is 10.2. The Kier molecular flexibility index (Phi) is 3.70. The first kappa shape index (κ1) is 14.0. The van der Waals surface area contributed by atoms with Gasteiger partial charge in [-0.15, -0.1) is 0 Å². The van der Waals surface area contributed by atoms with Gasteiger partial charge in [0.15, 0.2) is 0 Å². The number of nitrogens with zero attached hydrogens (tertiary/aromatic N) is 3. The number of aromatic nitrogens is 3. The molecular formula is C17H16N4O. The number of para-hydroxylation sites is 1. The molecule has 0 atom stereocenters. The van der Waals surface area contributed by atoms with Gasteiger partial charge in [0.05, 0.1) is 34.5 Å². The summed E-state index contributed by atoms with van der Waals surface area (Å²) in [6.45, 7) is 3.73. The second-order valence-electron chi connectivity index (χ2n) is 4.99. The molecule has 1 amide bonds. The number of carbonyl (C=O) groups excluding carboxylic acids is 1. The van der Waals surface area contributed by atoms with Crippen molar-refractivity contribution in [3.63, 3.8) is 0 Å². The van der Waals surface area contributed by atoms with Gasteiger partial charge in [-0.05, 0) is 38.1 Å². The van der Waals surface area contributed by atoms with Crippen molar-refractivity contribution in [2.75, 3.05) is 5.32 Å². The summed E-state index contributed by atoms with van der Waals surface area (Å²) in [5.41, 5.74) is 3.70. The number of anilines is 1. The summed E-state index contributed by atoms with van der Waals surface area (Å²) in [5.74, 6) is -0.176. The van der Waals surface area contributed by atoms with E-state index in [0.29, 0.717) is 16.9 Å². The average molecular weight is 292 g/mol. The van der Waals surface area contributed by atoms with E-state index in [1.54, 1.807) is 29.2 Å². The van der Waals surface area contributed by atoms with Crippen LogP contribution in [0.5, 0.6) is 0 Å². The van der Waals surface area contributed by atoms with Crippen molar-refractivity contribution in [2.24, 2.45) is 0 Å². The van der Waals surface area contributed by atoms with Crippen LogP contribution in [0.2, 0.25) is 0 Å². The second-order valence-corrected chi connectivity index (χ2v) is 4.99. The fraction of sp³-hybridized carbons (Fsp3) is 0.118. The van der Waals surface area contributed by atoms with E-state index in [2.05, 4.69) is 15.4 Å². The molecule has 0 aliphatic heterocycles. The maximum Gasteiger partial charge on any atom is 0.259 e. The van der Waals surface area contributed by atoms with Crippen LogP contribution in [0.4, 0.5) is 5.69 Å². The molecule has 0 unspecified atom stereocenters. The zero-order valence-electron chi connectivity index (χ0n) is 12.4. The molecule has 0 saturated heterocycles. The molecule has 110 valence electrons. The van der Waals surface area contributed by atoms with Gasteiger partial charge in [0, 0.05) is 6.20 Å². The average Bonchev–Trinajstić information content (AvgIpc) is 2.84. The predicted molar refractivity (Wildman–Crippen MR) is 85.2 cm³/mol. The molecule has 22 heavy (non-hydrogen) atoms. The van der Waals surface area contributed by atoms with Crippen LogP contribution in [-0.4, -0.2) is 20.7 Å². The predicted octanol–water partition coefficient (Wildman–Crippen LogP) is 3.14. The number of hydrogen-bond acceptors (Lipinski definition) is 3. The van der Waals surface area contributed by atoms with E-state index >= 15 is 0 Å². The Bertz CT molecular complexity index is 794. The molecule has 5 heteroatoms. The Morgan fingerprint density at radius 3 is 2.55 bits per heavy atom. The quantitative estimate of drug-likeness (QED) is 0.806. The summed E-state index contributed by atoms with van der Waals surface area (Å²) in [7, 11) is 0. The lowest BCUT2D eigenvalue weighted by Gasteiger charge is -2.06. The topological polar surface area (TPSA) is 59.8 Å². The van der Waals surface area contributed by atoms with Crippen molar-refractivity contribution in [2.45, 2.75) is 13.8 Å². The third-order valence-electron chi connectivity index (χ3n) is 3.44. The largest absolute Gasteiger partial charge is 0.320 e. The lowest BCUT2D eigenvalue weighted by molar-refractivity contribution is 0.102. The van der Waals surface area contributed by atoms with E-state index in [1.165, 1.54) is 0 Å². The highest BCUT2D eigenvalue weighted by Gasteiger charge is 2.19.